The molecule has 4 nitrogen and oxygen atoms in total. The minimum Gasteiger partial charge on any atom is -0.481 e. The van der Waals surface area contributed by atoms with Crippen molar-refractivity contribution in [2.24, 2.45) is 5.92 Å². The molecule has 0 spiro atoms. The lowest BCUT2D eigenvalue weighted by Gasteiger charge is -2.23. The fraction of sp³-hybridized carbons (Fsp3) is 0.889. The minimum absolute atomic E-state index is 0.0909. The Bertz CT molecular complexity index is 252. The van der Waals surface area contributed by atoms with Crippen molar-refractivity contribution in [3.8, 4) is 0 Å². The fourth-order valence-corrected chi connectivity index (χ4v) is 3.59. The summed E-state index contributed by atoms with van der Waals surface area (Å²) in [6, 6.07) is 1.12. The maximum Gasteiger partial charge on any atom is 0.305 e. The summed E-state index contributed by atoms with van der Waals surface area (Å²) in [6.45, 7) is 0.945. The summed E-state index contributed by atoms with van der Waals surface area (Å²) in [5, 5.41) is 8.45. The number of thiol groups is 1. The first-order chi connectivity index (χ1) is 7.22. The first-order valence-corrected chi connectivity index (χ1v) is 6.94. The second-order valence-corrected chi connectivity index (χ2v) is 5.19. The van der Waals surface area contributed by atoms with Crippen LogP contribution in [-0.4, -0.2) is 40.7 Å². The normalized spacial score (nSPS) is 34.1. The molecular weight excluding hydrogens is 234 g/mol. The van der Waals surface area contributed by atoms with Crippen molar-refractivity contribution >= 4 is 28.6 Å². The van der Waals surface area contributed by atoms with Gasteiger partial charge in [-0.3, -0.25) is 4.79 Å². The molecule has 1 aliphatic heterocycles. The number of hydrogen-bond donors (Lipinski definition) is 2. The second-order valence-electron chi connectivity index (χ2n) is 4.11. The number of carboxylic acid groups (broad SMARTS) is 1. The van der Waals surface area contributed by atoms with E-state index in [2.05, 4.69) is 16.0 Å². The summed E-state index contributed by atoms with van der Waals surface area (Å²) in [5.74, 6) is 0.0300. The predicted octanol–water partition coefficient (Wildman–Crippen LogP) is 1.43. The number of nitrogens with zero attached hydrogens (tertiary/aromatic N) is 1. The molecule has 1 saturated carbocycles. The number of hydrogen-bond acceptors (Lipinski definition) is 5. The number of carbonyl (C=O) groups is 1. The molecule has 2 fully saturated rings. The van der Waals surface area contributed by atoms with Crippen LogP contribution < -0.4 is 0 Å². The summed E-state index contributed by atoms with van der Waals surface area (Å²) in [7, 11) is 1.49. The van der Waals surface area contributed by atoms with Gasteiger partial charge in [-0.1, -0.05) is 11.7 Å². The summed E-state index contributed by atoms with van der Waals surface area (Å²) >= 11 is 4.23. The van der Waals surface area contributed by atoms with E-state index in [9.17, 15) is 4.79 Å². The average molecular weight is 249 g/mol. The van der Waals surface area contributed by atoms with E-state index in [0.29, 0.717) is 25.3 Å². The molecule has 1 N–H and O–H groups in total. The van der Waals surface area contributed by atoms with Gasteiger partial charge >= 0.3 is 5.97 Å². The Balaban J connectivity index is 1.64. The van der Waals surface area contributed by atoms with Gasteiger partial charge in [0.1, 0.15) is 0 Å². The molecule has 0 radical (unpaired) electrons. The Morgan fingerprint density at radius 3 is 3.07 bits per heavy atom. The van der Waals surface area contributed by atoms with Crippen LogP contribution in [0.4, 0.5) is 0 Å². The lowest BCUT2D eigenvalue weighted by Crippen LogP contribution is -2.30. The number of rotatable bonds is 6. The van der Waals surface area contributed by atoms with Crippen molar-refractivity contribution < 1.29 is 14.6 Å². The van der Waals surface area contributed by atoms with Gasteiger partial charge in [0.05, 0.1) is 19.6 Å². The van der Waals surface area contributed by atoms with E-state index >= 15 is 0 Å². The molecule has 1 heterocycles. The Labute approximate surface area is 98.3 Å². The number of fused-ring (bicyclic) bond motifs is 1. The molecule has 2 aliphatic rings. The van der Waals surface area contributed by atoms with E-state index in [4.69, 9.17) is 9.84 Å². The lowest BCUT2D eigenvalue weighted by atomic mass is 10.2. The van der Waals surface area contributed by atoms with Crippen LogP contribution in [0.2, 0.25) is 0 Å². The standard InChI is InChI=1S/C9H15NO3S2/c11-9(12)1-2-13-5-7-3-6-4-8(6)10(7)15-14/h6-8,14H,1-5H2,(H,11,12)/t6-,7-,8+/m0/s1. The maximum absolute atomic E-state index is 10.3. The van der Waals surface area contributed by atoms with Crippen molar-refractivity contribution in [1.82, 2.24) is 4.31 Å². The largest absolute Gasteiger partial charge is 0.481 e. The van der Waals surface area contributed by atoms with Gasteiger partial charge in [0, 0.05) is 12.1 Å². The monoisotopic (exact) mass is 249 g/mol. The molecule has 1 saturated heterocycles. The number of carboxylic acids is 1. The van der Waals surface area contributed by atoms with Crippen LogP contribution >= 0.6 is 22.6 Å². The molecule has 0 aromatic heterocycles. The fourth-order valence-electron chi connectivity index (χ4n) is 2.17. The Kier molecular flexibility index (Phi) is 3.82. The molecule has 86 valence electrons. The molecule has 0 amide bonds. The Morgan fingerprint density at radius 1 is 1.60 bits per heavy atom. The second kappa shape index (κ2) is 4.95. The molecule has 6 heteroatoms. The van der Waals surface area contributed by atoms with Gasteiger partial charge in [0.25, 0.3) is 0 Å². The van der Waals surface area contributed by atoms with Gasteiger partial charge in [-0.05, 0) is 29.7 Å². The summed E-state index contributed by atoms with van der Waals surface area (Å²) in [4.78, 5) is 10.3. The third-order valence-electron chi connectivity index (χ3n) is 3.01. The van der Waals surface area contributed by atoms with Crippen molar-refractivity contribution in [2.45, 2.75) is 31.3 Å². The van der Waals surface area contributed by atoms with Crippen LogP contribution in [0, 0.1) is 5.92 Å². The molecule has 0 unspecified atom stereocenters. The highest BCUT2D eigenvalue weighted by Gasteiger charge is 2.52. The molecular formula is C9H15NO3S2. The van der Waals surface area contributed by atoms with Crippen LogP contribution in [0.5, 0.6) is 0 Å². The van der Waals surface area contributed by atoms with Gasteiger partial charge in [0.15, 0.2) is 0 Å². The molecule has 0 aromatic carbocycles. The van der Waals surface area contributed by atoms with Crippen LogP contribution in [0.25, 0.3) is 0 Å². The van der Waals surface area contributed by atoms with Crippen molar-refractivity contribution in [1.29, 1.82) is 0 Å². The molecule has 1 aliphatic carbocycles. The predicted molar refractivity (Wildman–Crippen MR) is 61.8 cm³/mol. The third kappa shape index (κ3) is 2.81. The summed E-state index contributed by atoms with van der Waals surface area (Å²) in [6.07, 6.45) is 2.55. The molecule has 3 atom stereocenters. The lowest BCUT2D eigenvalue weighted by molar-refractivity contribution is -0.138. The number of aliphatic carboxylic acids is 1. The van der Waals surface area contributed by atoms with Crippen molar-refractivity contribution in [3.05, 3.63) is 0 Å². The van der Waals surface area contributed by atoms with E-state index in [1.807, 2.05) is 0 Å². The van der Waals surface area contributed by atoms with Gasteiger partial charge in [-0.15, -0.1) is 0 Å². The Hall–Kier alpha value is 0.0900. The quantitative estimate of drug-likeness (QED) is 0.323. The third-order valence-corrected chi connectivity index (χ3v) is 4.33. The van der Waals surface area contributed by atoms with Crippen molar-refractivity contribution in [3.63, 3.8) is 0 Å². The zero-order valence-electron chi connectivity index (χ0n) is 8.33. The maximum atomic E-state index is 10.3. The van der Waals surface area contributed by atoms with E-state index < -0.39 is 5.97 Å². The molecule has 2 rings (SSSR count). The zero-order valence-corrected chi connectivity index (χ0v) is 10.0. The highest BCUT2D eigenvalue weighted by Crippen LogP contribution is 2.51. The minimum atomic E-state index is -0.801. The van der Waals surface area contributed by atoms with E-state index in [1.165, 1.54) is 23.8 Å². The van der Waals surface area contributed by atoms with Gasteiger partial charge in [-0.25, -0.2) is 4.31 Å². The van der Waals surface area contributed by atoms with Crippen molar-refractivity contribution in [2.75, 3.05) is 13.2 Å². The van der Waals surface area contributed by atoms with Gasteiger partial charge < -0.3 is 9.84 Å². The van der Waals surface area contributed by atoms with Crippen LogP contribution in [0.15, 0.2) is 0 Å². The summed E-state index contributed by atoms with van der Waals surface area (Å²) in [5.41, 5.74) is 0. The molecule has 0 bridgehead atoms. The van der Waals surface area contributed by atoms with E-state index in [1.54, 1.807) is 0 Å². The van der Waals surface area contributed by atoms with Crippen LogP contribution in [0.1, 0.15) is 19.3 Å². The van der Waals surface area contributed by atoms with Gasteiger partial charge in [0.2, 0.25) is 0 Å². The van der Waals surface area contributed by atoms with Crippen LogP contribution in [-0.2, 0) is 9.53 Å². The van der Waals surface area contributed by atoms with Crippen LogP contribution in [0.3, 0.4) is 0 Å². The van der Waals surface area contributed by atoms with E-state index in [0.717, 1.165) is 5.92 Å². The van der Waals surface area contributed by atoms with Gasteiger partial charge in [-0.2, -0.15) is 0 Å². The molecule has 15 heavy (non-hydrogen) atoms. The Morgan fingerprint density at radius 2 is 2.40 bits per heavy atom. The first-order valence-electron chi connectivity index (χ1n) is 5.11. The zero-order chi connectivity index (χ0) is 10.8. The highest BCUT2D eigenvalue weighted by molar-refractivity contribution is 8.67. The highest BCUT2D eigenvalue weighted by atomic mass is 33.1. The summed E-state index contributed by atoms with van der Waals surface area (Å²) < 4.78 is 7.65. The SMILES string of the molecule is O=C(O)CCOC[C@@H]1C[C@H]2C[C@H]2N1SS. The smallest absolute Gasteiger partial charge is 0.305 e. The topological polar surface area (TPSA) is 49.8 Å². The number of ether oxygens (including phenoxy) is 1. The average Bonchev–Trinajstić information content (AvgIpc) is 2.86. The molecule has 0 aromatic rings. The first kappa shape index (κ1) is 11.6. The van der Waals surface area contributed by atoms with E-state index in [-0.39, 0.29) is 6.42 Å². The number of piperidine rings is 1.